The van der Waals surface area contributed by atoms with Gasteiger partial charge in [0, 0.05) is 0 Å². The van der Waals surface area contributed by atoms with E-state index in [9.17, 15) is 4.79 Å². The highest BCUT2D eigenvalue weighted by molar-refractivity contribution is 6.67. The zero-order chi connectivity index (χ0) is 9.99. The fraction of sp³-hybridized carbons (Fsp3) is 0.900. The maximum Gasteiger partial charge on any atom is 0.283 e. The van der Waals surface area contributed by atoms with E-state index in [1.54, 1.807) is 0 Å². The number of carbonyl (C=O) groups is 1. The molecule has 0 aromatic heterocycles. The van der Waals surface area contributed by atoms with Gasteiger partial charge in [0.2, 0.25) is 0 Å². The van der Waals surface area contributed by atoms with Crippen molar-refractivity contribution in [3.8, 4) is 0 Å². The highest BCUT2D eigenvalue weighted by Crippen LogP contribution is 2.43. The lowest BCUT2D eigenvalue weighted by Gasteiger charge is -2.35. The molecule has 0 rings (SSSR count). The molecule has 0 spiro atoms. The van der Waals surface area contributed by atoms with E-state index < -0.39 is 14.1 Å². The Labute approximate surface area is 80.9 Å². The normalized spacial score (nSPS) is 12.8. The standard InChI is InChI=1S/2C4H9.C2H3O.Al/c2*1-4(2)3;1-2-3;/h2*1-3H3;2H,1H2;. The molecule has 0 aliphatic carbocycles. The van der Waals surface area contributed by atoms with Crippen molar-refractivity contribution >= 4 is 20.4 Å². The summed E-state index contributed by atoms with van der Waals surface area (Å²) in [6.07, 6.45) is 1.10. The summed E-state index contributed by atoms with van der Waals surface area (Å²) in [6, 6.07) is 0. The SMILES string of the molecule is C[C](C)(C)[Al]([CH2]C=O)[C](C)(C)C. The van der Waals surface area contributed by atoms with Crippen molar-refractivity contribution < 1.29 is 4.79 Å². The van der Waals surface area contributed by atoms with Crippen LogP contribution in [0.2, 0.25) is 13.8 Å². The van der Waals surface area contributed by atoms with E-state index in [1.807, 2.05) is 0 Å². The molecule has 0 amide bonds. The minimum absolute atomic E-state index is 0.360. The minimum Gasteiger partial charge on any atom is -0.305 e. The van der Waals surface area contributed by atoms with Crippen molar-refractivity contribution in [2.75, 3.05) is 0 Å². The Morgan fingerprint density at radius 3 is 1.42 bits per heavy atom. The summed E-state index contributed by atoms with van der Waals surface area (Å²) in [7, 11) is 0. The highest BCUT2D eigenvalue weighted by atomic mass is 27.2. The summed E-state index contributed by atoms with van der Waals surface area (Å²) >= 11 is -0.978. The summed E-state index contributed by atoms with van der Waals surface area (Å²) in [5, 5.41) is 0.812. The Kier molecular flexibility index (Phi) is 4.01. The molecular formula is C10H21AlO. The second-order valence-electron chi connectivity index (χ2n) is 5.69. The second-order valence-corrected chi connectivity index (χ2v) is 10.7. The summed E-state index contributed by atoms with van der Waals surface area (Å²) < 4.78 is 0.721. The van der Waals surface area contributed by atoms with Gasteiger partial charge < -0.3 is 4.79 Å². The van der Waals surface area contributed by atoms with Gasteiger partial charge in [0.15, 0.2) is 0 Å². The average molecular weight is 184 g/mol. The molecular weight excluding hydrogens is 163 g/mol. The average Bonchev–Trinajstić information content (AvgIpc) is 1.77. The zero-order valence-corrected chi connectivity index (χ0v) is 10.4. The molecule has 0 N–H and O–H groups in total. The highest BCUT2D eigenvalue weighted by Gasteiger charge is 2.40. The molecule has 0 unspecified atom stereocenters. The fourth-order valence-corrected chi connectivity index (χ4v) is 6.31. The molecule has 1 nitrogen and oxygen atoms in total. The Morgan fingerprint density at radius 2 is 1.33 bits per heavy atom. The van der Waals surface area contributed by atoms with E-state index in [-0.39, 0.29) is 0 Å². The van der Waals surface area contributed by atoms with Crippen LogP contribution in [0.1, 0.15) is 41.5 Å². The molecule has 2 heteroatoms. The van der Waals surface area contributed by atoms with Gasteiger partial charge in [0.1, 0.15) is 6.29 Å². The first-order valence-electron chi connectivity index (χ1n) is 4.63. The molecule has 0 aliphatic rings. The molecule has 0 heterocycles. The van der Waals surface area contributed by atoms with Gasteiger partial charge >= 0.3 is 0 Å². The van der Waals surface area contributed by atoms with Crippen LogP contribution in [0.5, 0.6) is 0 Å². The van der Waals surface area contributed by atoms with Crippen molar-refractivity contribution in [1.82, 2.24) is 0 Å². The van der Waals surface area contributed by atoms with Gasteiger partial charge in [-0.05, 0) is 5.28 Å². The van der Waals surface area contributed by atoms with Crippen LogP contribution in [0.25, 0.3) is 0 Å². The Morgan fingerprint density at radius 1 is 1.00 bits per heavy atom. The van der Waals surface area contributed by atoms with Gasteiger partial charge in [0.25, 0.3) is 14.1 Å². The maximum absolute atomic E-state index is 10.5. The molecule has 0 saturated heterocycles. The van der Waals surface area contributed by atoms with Crippen LogP contribution >= 0.6 is 0 Å². The zero-order valence-electron chi connectivity index (χ0n) is 9.27. The summed E-state index contributed by atoms with van der Waals surface area (Å²) in [5.74, 6) is 0. The van der Waals surface area contributed by atoms with E-state index in [0.29, 0.717) is 8.55 Å². The molecule has 0 radical (unpaired) electrons. The Balaban J connectivity index is 4.56. The van der Waals surface area contributed by atoms with Crippen LogP contribution in [0.4, 0.5) is 0 Å². The van der Waals surface area contributed by atoms with Crippen LogP contribution in [0.3, 0.4) is 0 Å². The lowest BCUT2D eigenvalue weighted by Crippen LogP contribution is -2.35. The molecule has 0 saturated carbocycles. The maximum atomic E-state index is 10.5. The largest absolute Gasteiger partial charge is 0.305 e. The first-order chi connectivity index (χ1) is 5.19. The van der Waals surface area contributed by atoms with E-state index in [1.165, 1.54) is 0 Å². The van der Waals surface area contributed by atoms with Crippen molar-refractivity contribution in [2.45, 2.75) is 55.4 Å². The summed E-state index contributed by atoms with van der Waals surface area (Å²) in [6.45, 7) is 13.6. The van der Waals surface area contributed by atoms with Crippen molar-refractivity contribution in [3.63, 3.8) is 0 Å². The smallest absolute Gasteiger partial charge is 0.283 e. The van der Waals surface area contributed by atoms with Gasteiger partial charge in [-0.3, -0.25) is 0 Å². The van der Waals surface area contributed by atoms with E-state index in [4.69, 9.17) is 0 Å². The Hall–Kier alpha value is 0.202. The van der Waals surface area contributed by atoms with Crippen molar-refractivity contribution in [1.29, 1.82) is 0 Å². The fourth-order valence-electron chi connectivity index (χ4n) is 2.10. The topological polar surface area (TPSA) is 17.1 Å². The number of hydrogen-bond acceptors (Lipinski definition) is 1. The molecule has 0 aromatic carbocycles. The van der Waals surface area contributed by atoms with Crippen LogP contribution in [0.15, 0.2) is 0 Å². The molecule has 70 valence electrons. The molecule has 12 heavy (non-hydrogen) atoms. The van der Waals surface area contributed by atoms with Gasteiger partial charge in [-0.2, -0.15) is 0 Å². The third kappa shape index (κ3) is 3.74. The van der Waals surface area contributed by atoms with E-state index in [2.05, 4.69) is 41.5 Å². The lowest BCUT2D eigenvalue weighted by atomic mass is 10.2. The number of carbonyl (C=O) groups excluding carboxylic acids is 1. The van der Waals surface area contributed by atoms with Crippen LogP contribution in [0, 0.1) is 0 Å². The lowest BCUT2D eigenvalue weighted by molar-refractivity contribution is -0.106. The predicted molar refractivity (Wildman–Crippen MR) is 56.1 cm³/mol. The third-order valence-corrected chi connectivity index (χ3v) is 7.27. The first kappa shape index (κ1) is 12.2. The second kappa shape index (κ2) is 3.94. The van der Waals surface area contributed by atoms with Crippen molar-refractivity contribution in [3.05, 3.63) is 0 Å². The van der Waals surface area contributed by atoms with E-state index >= 15 is 0 Å². The van der Waals surface area contributed by atoms with Crippen LogP contribution < -0.4 is 0 Å². The number of rotatable bonds is 2. The van der Waals surface area contributed by atoms with Crippen LogP contribution in [-0.4, -0.2) is 20.4 Å². The summed E-state index contributed by atoms with van der Waals surface area (Å²) in [5.41, 5.74) is 0. The number of hydrogen-bond donors (Lipinski definition) is 0. The third-order valence-electron chi connectivity index (χ3n) is 2.42. The van der Waals surface area contributed by atoms with Gasteiger partial charge in [0.05, 0.1) is 0 Å². The molecule has 0 atom stereocenters. The molecule has 0 fully saturated rings. The summed E-state index contributed by atoms with van der Waals surface area (Å²) in [4.78, 5) is 10.5. The van der Waals surface area contributed by atoms with Gasteiger partial charge in [-0.25, -0.2) is 0 Å². The number of aldehydes is 1. The Bertz CT molecular complexity index is 136. The van der Waals surface area contributed by atoms with E-state index in [0.717, 1.165) is 11.6 Å². The molecule has 0 bridgehead atoms. The first-order valence-corrected chi connectivity index (χ1v) is 6.60. The van der Waals surface area contributed by atoms with Gasteiger partial charge in [-0.15, -0.1) is 0 Å². The molecule has 0 aliphatic heterocycles. The van der Waals surface area contributed by atoms with Crippen LogP contribution in [-0.2, 0) is 4.79 Å². The molecule has 0 aromatic rings. The monoisotopic (exact) mass is 184 g/mol. The minimum atomic E-state index is -0.978. The quantitative estimate of drug-likeness (QED) is 0.475. The predicted octanol–water partition coefficient (Wildman–Crippen LogP) is 3.28. The van der Waals surface area contributed by atoms with Gasteiger partial charge in [-0.1, -0.05) is 50.1 Å². The van der Waals surface area contributed by atoms with Crippen molar-refractivity contribution in [2.24, 2.45) is 0 Å².